The van der Waals surface area contributed by atoms with Crippen LogP contribution >= 0.6 is 0 Å². The molecule has 0 heterocycles. The predicted octanol–water partition coefficient (Wildman–Crippen LogP) is 3.84. The molecule has 0 radical (unpaired) electrons. The fraction of sp³-hybridized carbons (Fsp3) is 0.800. The van der Waals surface area contributed by atoms with Crippen molar-refractivity contribution in [1.29, 1.82) is 0 Å². The van der Waals surface area contributed by atoms with E-state index in [1.807, 2.05) is 0 Å². The minimum Gasteiger partial charge on any atom is -0.303 e. The Kier molecular flexibility index (Phi) is 3.51. The average molecular weight is 220 g/mol. The van der Waals surface area contributed by atoms with Crippen molar-refractivity contribution in [2.75, 3.05) is 0 Å². The van der Waals surface area contributed by atoms with Crippen LogP contribution in [0.2, 0.25) is 0 Å². The Hall–Kier alpha value is -0.590. The van der Waals surface area contributed by atoms with Gasteiger partial charge in [0.15, 0.2) is 0 Å². The van der Waals surface area contributed by atoms with Crippen LogP contribution in [0.1, 0.15) is 46.5 Å². The van der Waals surface area contributed by atoms with Gasteiger partial charge in [-0.3, -0.25) is 0 Å². The predicted molar refractivity (Wildman–Crippen MR) is 67.1 cm³/mol. The van der Waals surface area contributed by atoms with Crippen molar-refractivity contribution in [2.24, 2.45) is 29.6 Å². The van der Waals surface area contributed by atoms with Gasteiger partial charge in [-0.2, -0.15) is 0 Å². The van der Waals surface area contributed by atoms with Crippen LogP contribution in [0.3, 0.4) is 0 Å². The Morgan fingerprint density at radius 2 is 2.19 bits per heavy atom. The van der Waals surface area contributed by atoms with E-state index in [2.05, 4.69) is 26.8 Å². The number of fused-ring (bicyclic) bond motifs is 1. The standard InChI is InChI=1S/C15H24O/c1-10(2)14-6-4-5-12-7-11(3)13(9-16)8-15(12)14/h5,9-11,13-15H,4,6-8H2,1-3H3/t11-,13-,14-,15+/m0/s1. The molecule has 0 saturated heterocycles. The molecule has 0 N–H and O–H groups in total. The maximum atomic E-state index is 11.1. The number of rotatable bonds is 2. The topological polar surface area (TPSA) is 17.1 Å². The third-order valence-electron chi connectivity index (χ3n) is 4.75. The summed E-state index contributed by atoms with van der Waals surface area (Å²) in [5.41, 5.74) is 1.66. The Labute approximate surface area is 99.3 Å². The highest BCUT2D eigenvalue weighted by molar-refractivity contribution is 5.55. The van der Waals surface area contributed by atoms with E-state index in [-0.39, 0.29) is 0 Å². The lowest BCUT2D eigenvalue weighted by molar-refractivity contribution is -0.113. The van der Waals surface area contributed by atoms with Gasteiger partial charge in [0.2, 0.25) is 0 Å². The first-order valence-corrected chi connectivity index (χ1v) is 6.77. The summed E-state index contributed by atoms with van der Waals surface area (Å²) in [5.74, 6) is 3.15. The van der Waals surface area contributed by atoms with Crippen LogP contribution < -0.4 is 0 Å². The zero-order valence-electron chi connectivity index (χ0n) is 10.8. The third-order valence-corrected chi connectivity index (χ3v) is 4.75. The van der Waals surface area contributed by atoms with E-state index in [0.29, 0.717) is 17.8 Å². The van der Waals surface area contributed by atoms with Gasteiger partial charge in [0, 0.05) is 5.92 Å². The molecule has 0 bridgehead atoms. The van der Waals surface area contributed by atoms with Crippen LogP contribution in [-0.2, 0) is 4.79 Å². The van der Waals surface area contributed by atoms with Crippen molar-refractivity contribution in [3.05, 3.63) is 11.6 Å². The first-order valence-electron chi connectivity index (χ1n) is 6.77. The number of hydrogen-bond donors (Lipinski definition) is 0. The highest BCUT2D eigenvalue weighted by Gasteiger charge is 2.37. The molecule has 0 amide bonds. The van der Waals surface area contributed by atoms with Crippen molar-refractivity contribution in [3.8, 4) is 0 Å². The average Bonchev–Trinajstić information content (AvgIpc) is 2.26. The lowest BCUT2D eigenvalue weighted by Gasteiger charge is -2.42. The first kappa shape index (κ1) is 11.9. The Balaban J connectivity index is 2.18. The third kappa shape index (κ3) is 2.09. The summed E-state index contributed by atoms with van der Waals surface area (Å²) in [6, 6.07) is 0. The summed E-state index contributed by atoms with van der Waals surface area (Å²) >= 11 is 0. The normalized spacial score (nSPS) is 39.1. The minimum absolute atomic E-state index is 0.307. The molecule has 2 rings (SSSR count). The second-order valence-corrected chi connectivity index (χ2v) is 6.09. The second-order valence-electron chi connectivity index (χ2n) is 6.09. The van der Waals surface area contributed by atoms with Crippen LogP contribution in [0.25, 0.3) is 0 Å². The maximum absolute atomic E-state index is 11.1. The van der Waals surface area contributed by atoms with Crippen molar-refractivity contribution >= 4 is 6.29 Å². The van der Waals surface area contributed by atoms with Gasteiger partial charge in [-0.15, -0.1) is 0 Å². The molecule has 0 aromatic rings. The van der Waals surface area contributed by atoms with Gasteiger partial charge in [-0.1, -0.05) is 32.4 Å². The summed E-state index contributed by atoms with van der Waals surface area (Å²) in [6.45, 7) is 6.90. The zero-order chi connectivity index (χ0) is 11.7. The van der Waals surface area contributed by atoms with Crippen LogP contribution in [0.5, 0.6) is 0 Å². The quantitative estimate of drug-likeness (QED) is 0.510. The number of hydrogen-bond acceptors (Lipinski definition) is 1. The van der Waals surface area contributed by atoms with E-state index in [1.165, 1.54) is 19.1 Å². The molecule has 0 aromatic carbocycles. The highest BCUT2D eigenvalue weighted by atomic mass is 16.1. The van der Waals surface area contributed by atoms with Crippen molar-refractivity contribution in [1.82, 2.24) is 0 Å². The van der Waals surface area contributed by atoms with Gasteiger partial charge in [-0.05, 0) is 49.4 Å². The van der Waals surface area contributed by atoms with Gasteiger partial charge in [0.1, 0.15) is 6.29 Å². The summed E-state index contributed by atoms with van der Waals surface area (Å²) in [5, 5.41) is 0. The van der Waals surface area contributed by atoms with Crippen molar-refractivity contribution in [2.45, 2.75) is 46.5 Å². The van der Waals surface area contributed by atoms with Crippen LogP contribution in [0.15, 0.2) is 11.6 Å². The molecule has 0 aromatic heterocycles. The molecule has 2 aliphatic rings. The fourth-order valence-electron chi connectivity index (χ4n) is 3.69. The Morgan fingerprint density at radius 3 is 2.81 bits per heavy atom. The zero-order valence-corrected chi connectivity index (χ0v) is 10.8. The summed E-state index contributed by atoms with van der Waals surface area (Å²) in [6.07, 6.45) is 8.52. The van der Waals surface area contributed by atoms with Gasteiger partial charge >= 0.3 is 0 Å². The molecule has 0 unspecified atom stereocenters. The van der Waals surface area contributed by atoms with Gasteiger partial charge in [0.25, 0.3) is 0 Å². The van der Waals surface area contributed by atoms with Gasteiger partial charge in [0.05, 0.1) is 0 Å². The van der Waals surface area contributed by atoms with E-state index >= 15 is 0 Å². The van der Waals surface area contributed by atoms with Crippen LogP contribution in [-0.4, -0.2) is 6.29 Å². The molecule has 4 atom stereocenters. The Morgan fingerprint density at radius 1 is 1.44 bits per heavy atom. The number of allylic oxidation sites excluding steroid dienone is 2. The molecule has 2 aliphatic carbocycles. The van der Waals surface area contributed by atoms with Crippen molar-refractivity contribution in [3.63, 3.8) is 0 Å². The second kappa shape index (κ2) is 4.73. The van der Waals surface area contributed by atoms with E-state index in [0.717, 1.165) is 24.7 Å². The molecule has 1 nitrogen and oxygen atoms in total. The molecule has 1 saturated carbocycles. The lowest BCUT2D eigenvalue weighted by atomic mass is 9.62. The van der Waals surface area contributed by atoms with Crippen LogP contribution in [0.4, 0.5) is 0 Å². The molecule has 0 spiro atoms. The minimum atomic E-state index is 0.307. The Bertz CT molecular complexity index is 290. The fourth-order valence-corrected chi connectivity index (χ4v) is 3.69. The number of carbonyl (C=O) groups excluding carboxylic acids is 1. The van der Waals surface area contributed by atoms with E-state index in [1.54, 1.807) is 5.57 Å². The molecule has 0 aliphatic heterocycles. The van der Waals surface area contributed by atoms with E-state index in [9.17, 15) is 4.79 Å². The first-order chi connectivity index (χ1) is 7.63. The molecular weight excluding hydrogens is 196 g/mol. The number of aldehydes is 1. The number of carbonyl (C=O) groups is 1. The molecular formula is C15H24O. The summed E-state index contributed by atoms with van der Waals surface area (Å²) in [4.78, 5) is 11.1. The summed E-state index contributed by atoms with van der Waals surface area (Å²) < 4.78 is 0. The molecule has 90 valence electrons. The molecule has 1 fully saturated rings. The van der Waals surface area contributed by atoms with Crippen LogP contribution in [0, 0.1) is 29.6 Å². The SMILES string of the molecule is CC(C)[C@@H]1CCC=C2C[C@H](C)[C@H](C=O)C[C@H]21. The molecule has 16 heavy (non-hydrogen) atoms. The highest BCUT2D eigenvalue weighted by Crippen LogP contribution is 2.46. The largest absolute Gasteiger partial charge is 0.303 e. The smallest absolute Gasteiger partial charge is 0.123 e. The molecule has 1 heteroatoms. The van der Waals surface area contributed by atoms with Gasteiger partial charge in [-0.25, -0.2) is 0 Å². The maximum Gasteiger partial charge on any atom is 0.123 e. The van der Waals surface area contributed by atoms with Gasteiger partial charge < -0.3 is 4.79 Å². The monoisotopic (exact) mass is 220 g/mol. The lowest BCUT2D eigenvalue weighted by Crippen LogP contribution is -2.34. The van der Waals surface area contributed by atoms with E-state index < -0.39 is 0 Å². The summed E-state index contributed by atoms with van der Waals surface area (Å²) in [7, 11) is 0. The van der Waals surface area contributed by atoms with E-state index in [4.69, 9.17) is 0 Å². The van der Waals surface area contributed by atoms with Crippen molar-refractivity contribution < 1.29 is 4.79 Å².